The Morgan fingerprint density at radius 2 is 1.27 bits per heavy atom. The Morgan fingerprint density at radius 1 is 0.703 bits per heavy atom. The largest absolute Gasteiger partial charge is 0.427 e. The molecule has 7 nitrogen and oxygen atoms in total. The molecule has 0 saturated carbocycles. The summed E-state index contributed by atoms with van der Waals surface area (Å²) in [5.74, 6) is 0.0220. The molecule has 184 valence electrons. The van der Waals surface area contributed by atoms with Gasteiger partial charge in [-0.2, -0.15) is 0 Å². The molecule has 0 fully saturated rings. The predicted molar refractivity (Wildman–Crippen MR) is 140 cm³/mol. The Kier molecular flexibility index (Phi) is 6.76. The summed E-state index contributed by atoms with van der Waals surface area (Å²) < 4.78 is 12.7. The van der Waals surface area contributed by atoms with E-state index >= 15 is 0 Å². The molecular formula is C30H25N3O4. The van der Waals surface area contributed by atoms with Crippen LogP contribution in [0.15, 0.2) is 91.1 Å². The van der Waals surface area contributed by atoms with E-state index in [-0.39, 0.29) is 5.97 Å². The van der Waals surface area contributed by atoms with Gasteiger partial charge in [-0.1, -0.05) is 60.7 Å². The number of hydrogen-bond donors (Lipinski definition) is 0. The quantitative estimate of drug-likeness (QED) is 0.223. The highest BCUT2D eigenvalue weighted by atomic mass is 16.5. The molecule has 0 aliphatic heterocycles. The van der Waals surface area contributed by atoms with Crippen LogP contribution in [-0.2, 0) is 22.4 Å². The number of rotatable bonds is 7. The van der Waals surface area contributed by atoms with Crippen molar-refractivity contribution in [2.75, 3.05) is 0 Å². The van der Waals surface area contributed by atoms with Gasteiger partial charge in [0.1, 0.15) is 11.4 Å². The number of aromatic nitrogens is 3. The minimum absolute atomic E-state index is 0.376. The molecule has 2 heterocycles. The van der Waals surface area contributed by atoms with Crippen molar-refractivity contribution in [1.29, 1.82) is 0 Å². The number of imidazole rings is 1. The van der Waals surface area contributed by atoms with Crippen LogP contribution in [0.2, 0.25) is 0 Å². The Hall–Kier alpha value is -4.78. The summed E-state index contributed by atoms with van der Waals surface area (Å²) in [6.45, 7) is 2.74. The summed E-state index contributed by atoms with van der Waals surface area (Å²) in [7, 11) is 0. The third-order valence-electron chi connectivity index (χ3n) is 5.78. The van der Waals surface area contributed by atoms with Gasteiger partial charge in [0.05, 0.1) is 11.4 Å². The Morgan fingerprint density at radius 3 is 1.84 bits per heavy atom. The van der Waals surface area contributed by atoms with Crippen LogP contribution in [0.4, 0.5) is 0 Å². The first-order valence-corrected chi connectivity index (χ1v) is 11.9. The number of esters is 2. The SMILES string of the molecule is CC(=O)Oc1ccc(-c2cn3c(OC(C)=O)c(Cc4ccccc4)nc3c(Cc3ccccc3)n2)cc1. The van der Waals surface area contributed by atoms with E-state index in [0.717, 1.165) is 22.4 Å². The molecule has 0 aliphatic carbocycles. The first-order valence-electron chi connectivity index (χ1n) is 11.9. The van der Waals surface area contributed by atoms with Crippen molar-refractivity contribution in [2.45, 2.75) is 26.7 Å². The monoisotopic (exact) mass is 491 g/mol. The van der Waals surface area contributed by atoms with E-state index in [1.165, 1.54) is 13.8 Å². The van der Waals surface area contributed by atoms with Crippen molar-refractivity contribution in [3.8, 4) is 22.9 Å². The molecule has 0 saturated heterocycles. The van der Waals surface area contributed by atoms with Gasteiger partial charge >= 0.3 is 11.9 Å². The maximum absolute atomic E-state index is 12.1. The van der Waals surface area contributed by atoms with E-state index in [0.29, 0.717) is 41.5 Å². The highest BCUT2D eigenvalue weighted by Crippen LogP contribution is 2.30. The molecule has 0 unspecified atom stereocenters. The molecule has 0 N–H and O–H groups in total. The van der Waals surface area contributed by atoms with Gasteiger partial charge in [-0.3, -0.25) is 14.0 Å². The summed E-state index contributed by atoms with van der Waals surface area (Å²) in [4.78, 5) is 33.3. The van der Waals surface area contributed by atoms with Crippen molar-refractivity contribution in [3.63, 3.8) is 0 Å². The summed E-state index contributed by atoms with van der Waals surface area (Å²) in [5.41, 5.74) is 5.66. The van der Waals surface area contributed by atoms with Crippen molar-refractivity contribution < 1.29 is 19.1 Å². The number of carbonyl (C=O) groups is 2. The zero-order chi connectivity index (χ0) is 25.8. The van der Waals surface area contributed by atoms with Crippen LogP contribution in [0.3, 0.4) is 0 Å². The van der Waals surface area contributed by atoms with Gasteiger partial charge in [0, 0.05) is 38.4 Å². The van der Waals surface area contributed by atoms with Crippen molar-refractivity contribution in [2.24, 2.45) is 0 Å². The van der Waals surface area contributed by atoms with Gasteiger partial charge in [0.25, 0.3) is 0 Å². The molecule has 5 rings (SSSR count). The average Bonchev–Trinajstić information content (AvgIpc) is 3.22. The lowest BCUT2D eigenvalue weighted by atomic mass is 10.1. The zero-order valence-corrected chi connectivity index (χ0v) is 20.5. The minimum Gasteiger partial charge on any atom is -0.427 e. The predicted octanol–water partition coefficient (Wildman–Crippen LogP) is 5.43. The van der Waals surface area contributed by atoms with E-state index in [4.69, 9.17) is 19.4 Å². The number of benzene rings is 3. The fraction of sp³-hybridized carbons (Fsp3) is 0.133. The number of carbonyl (C=O) groups excluding carboxylic acids is 2. The second-order valence-corrected chi connectivity index (χ2v) is 8.67. The number of fused-ring (bicyclic) bond motifs is 1. The summed E-state index contributed by atoms with van der Waals surface area (Å²) in [5, 5.41) is 0. The van der Waals surface area contributed by atoms with Crippen LogP contribution in [0.25, 0.3) is 16.9 Å². The number of nitrogens with zero attached hydrogens (tertiary/aromatic N) is 3. The van der Waals surface area contributed by atoms with E-state index in [2.05, 4.69) is 0 Å². The molecular weight excluding hydrogens is 466 g/mol. The molecule has 7 heteroatoms. The van der Waals surface area contributed by atoms with Gasteiger partial charge < -0.3 is 9.47 Å². The molecule has 0 spiro atoms. The first-order chi connectivity index (χ1) is 18.0. The standard InChI is InChI=1S/C30H25N3O4/c1-20(34)36-25-15-13-24(14-16-25)28-19-33-29(26(31-28)17-22-9-5-3-6-10-22)32-27(30(33)37-21(2)35)18-23-11-7-4-8-12-23/h3-16,19H,17-18H2,1-2H3. The molecule has 0 aliphatic rings. The van der Waals surface area contributed by atoms with Crippen LogP contribution in [0, 0.1) is 0 Å². The normalized spacial score (nSPS) is 10.9. The fourth-order valence-corrected chi connectivity index (χ4v) is 4.19. The topological polar surface area (TPSA) is 82.8 Å². The first kappa shape index (κ1) is 23.9. The summed E-state index contributed by atoms with van der Waals surface area (Å²) in [6, 6.07) is 27.1. The molecule has 5 aromatic rings. The maximum Gasteiger partial charge on any atom is 0.309 e. The van der Waals surface area contributed by atoms with Gasteiger partial charge in [-0.15, -0.1) is 0 Å². The lowest BCUT2D eigenvalue weighted by Gasteiger charge is -2.10. The molecule has 0 amide bonds. The molecule has 3 aromatic carbocycles. The minimum atomic E-state index is -0.426. The van der Waals surface area contributed by atoms with E-state index < -0.39 is 5.97 Å². The van der Waals surface area contributed by atoms with Crippen molar-refractivity contribution in [3.05, 3.63) is 114 Å². The second-order valence-electron chi connectivity index (χ2n) is 8.67. The Labute approximate surface area is 214 Å². The molecule has 0 radical (unpaired) electrons. The highest BCUT2D eigenvalue weighted by molar-refractivity contribution is 5.71. The van der Waals surface area contributed by atoms with Gasteiger partial charge in [-0.05, 0) is 35.4 Å². The van der Waals surface area contributed by atoms with E-state index in [1.807, 2.05) is 79.0 Å². The third-order valence-corrected chi connectivity index (χ3v) is 5.78. The maximum atomic E-state index is 12.1. The van der Waals surface area contributed by atoms with Crippen LogP contribution in [0.5, 0.6) is 11.6 Å². The number of ether oxygens (including phenoxy) is 2. The van der Waals surface area contributed by atoms with Crippen molar-refractivity contribution >= 4 is 17.6 Å². The smallest absolute Gasteiger partial charge is 0.309 e. The van der Waals surface area contributed by atoms with Gasteiger partial charge in [0.15, 0.2) is 5.65 Å². The van der Waals surface area contributed by atoms with Crippen LogP contribution in [-0.4, -0.2) is 26.3 Å². The summed E-state index contributed by atoms with van der Waals surface area (Å²) in [6.07, 6.45) is 2.87. The Bertz CT molecular complexity index is 1560. The Balaban J connectivity index is 1.67. The van der Waals surface area contributed by atoms with Crippen LogP contribution in [0.1, 0.15) is 36.4 Å². The molecule has 0 bridgehead atoms. The second kappa shape index (κ2) is 10.5. The lowest BCUT2D eigenvalue weighted by molar-refractivity contribution is -0.133. The lowest BCUT2D eigenvalue weighted by Crippen LogP contribution is -2.07. The highest BCUT2D eigenvalue weighted by Gasteiger charge is 2.21. The average molecular weight is 492 g/mol. The van der Waals surface area contributed by atoms with Gasteiger partial charge in [0.2, 0.25) is 5.88 Å². The van der Waals surface area contributed by atoms with Crippen LogP contribution >= 0.6 is 0 Å². The van der Waals surface area contributed by atoms with Gasteiger partial charge in [-0.25, -0.2) is 9.97 Å². The third kappa shape index (κ3) is 5.56. The molecule has 0 atom stereocenters. The number of hydrogen-bond acceptors (Lipinski definition) is 6. The van der Waals surface area contributed by atoms with Crippen molar-refractivity contribution in [1.82, 2.24) is 14.4 Å². The van der Waals surface area contributed by atoms with E-state index in [9.17, 15) is 9.59 Å². The fourth-order valence-electron chi connectivity index (χ4n) is 4.19. The molecule has 2 aromatic heterocycles. The zero-order valence-electron chi connectivity index (χ0n) is 20.5. The molecule has 37 heavy (non-hydrogen) atoms. The summed E-state index contributed by atoms with van der Waals surface area (Å²) >= 11 is 0. The van der Waals surface area contributed by atoms with Crippen LogP contribution < -0.4 is 9.47 Å². The van der Waals surface area contributed by atoms with E-state index in [1.54, 1.807) is 16.5 Å².